The van der Waals surface area contributed by atoms with Crippen molar-refractivity contribution in [2.24, 2.45) is 0 Å². The monoisotopic (exact) mass is 730 g/mol. The van der Waals surface area contributed by atoms with Gasteiger partial charge in [0.05, 0.1) is 18.0 Å². The summed E-state index contributed by atoms with van der Waals surface area (Å²) < 4.78 is 23.9. The third kappa shape index (κ3) is 8.16. The number of likely N-dealkylation sites (tertiary alicyclic amines) is 2. The minimum Gasteiger partial charge on any atom is -1.00 e. The molecule has 2 aliphatic rings. The van der Waals surface area contributed by atoms with E-state index in [1.54, 1.807) is 11.0 Å². The van der Waals surface area contributed by atoms with E-state index in [0.717, 1.165) is 24.9 Å². The Morgan fingerprint density at radius 2 is 1.82 bits per heavy atom. The van der Waals surface area contributed by atoms with Crippen LogP contribution in [0.1, 0.15) is 73.6 Å². The molecular formula is C32H44BaN6O5. The summed E-state index contributed by atoms with van der Waals surface area (Å²) in [4.78, 5) is 30.6. The van der Waals surface area contributed by atoms with Crippen molar-refractivity contribution in [3.05, 3.63) is 54.7 Å². The van der Waals surface area contributed by atoms with Gasteiger partial charge in [0.1, 0.15) is 17.8 Å². The number of hydrogen-bond donors (Lipinski definition) is 0. The molecule has 0 N–H and O–H groups in total. The Kier molecular flexibility index (Phi) is 11.1. The van der Waals surface area contributed by atoms with Crippen molar-refractivity contribution in [3.63, 3.8) is 0 Å². The summed E-state index contributed by atoms with van der Waals surface area (Å²) in [5.74, 6) is 1.52. The molecule has 5 rings (SSSR count). The molecule has 0 aliphatic carbocycles. The normalized spacial score (nSPS) is 21.5. The SMILES string of the molecule is [Ba+2].[CH2-][C@H]1C[C@@H](Oc2cc(O[C@@H](C)[C@@H]3CCCN3C)nc(-c3nc(C(C)(C)c4ccccc4)no3)n2)CN1C(=O)OC(C)(C)C.[H-]. The van der Waals surface area contributed by atoms with Crippen LogP contribution in [0.3, 0.4) is 0 Å². The third-order valence-corrected chi connectivity index (χ3v) is 8.07. The molecule has 0 unspecified atom stereocenters. The van der Waals surface area contributed by atoms with E-state index >= 15 is 0 Å². The van der Waals surface area contributed by atoms with Gasteiger partial charge in [0.25, 0.3) is 5.89 Å². The minimum absolute atomic E-state index is 0. The summed E-state index contributed by atoms with van der Waals surface area (Å²) in [6.07, 6.45) is 1.82. The number of benzene rings is 1. The molecule has 2 saturated heterocycles. The Morgan fingerprint density at radius 3 is 2.48 bits per heavy atom. The van der Waals surface area contributed by atoms with Gasteiger partial charge in [0, 0.05) is 6.04 Å². The molecule has 1 amide bonds. The van der Waals surface area contributed by atoms with E-state index < -0.39 is 17.1 Å². The van der Waals surface area contributed by atoms with E-state index in [4.69, 9.17) is 23.7 Å². The molecule has 2 aromatic heterocycles. The molecule has 4 heterocycles. The van der Waals surface area contributed by atoms with Crippen molar-refractivity contribution in [1.82, 2.24) is 29.9 Å². The van der Waals surface area contributed by atoms with Crippen molar-refractivity contribution in [2.75, 3.05) is 20.1 Å². The fraction of sp³-hybridized carbons (Fsp3) is 0.562. The molecule has 4 atom stereocenters. The average molecular weight is 730 g/mol. The van der Waals surface area contributed by atoms with Gasteiger partial charge in [-0.05, 0) is 80.0 Å². The molecule has 2 aliphatic heterocycles. The molecule has 2 fully saturated rings. The van der Waals surface area contributed by atoms with Crippen LogP contribution in [-0.2, 0) is 10.2 Å². The van der Waals surface area contributed by atoms with Crippen LogP contribution in [-0.4, -0.2) is 135 Å². The summed E-state index contributed by atoms with van der Waals surface area (Å²) in [6.45, 7) is 17.1. The van der Waals surface area contributed by atoms with Gasteiger partial charge in [-0.1, -0.05) is 41.5 Å². The number of likely N-dealkylation sites (N-methyl/N-ethyl adjacent to an activating group) is 1. The van der Waals surface area contributed by atoms with E-state index in [2.05, 4.69) is 34.0 Å². The number of amides is 1. The Morgan fingerprint density at radius 1 is 1.11 bits per heavy atom. The van der Waals surface area contributed by atoms with Gasteiger partial charge < -0.3 is 32.0 Å². The summed E-state index contributed by atoms with van der Waals surface area (Å²) in [5.41, 5.74) is -0.0562. The number of carbonyl (C=O) groups is 1. The summed E-state index contributed by atoms with van der Waals surface area (Å²) >= 11 is 0. The maximum absolute atomic E-state index is 12.8. The van der Waals surface area contributed by atoms with Gasteiger partial charge in [-0.2, -0.15) is 15.0 Å². The van der Waals surface area contributed by atoms with E-state index in [-0.39, 0.29) is 92.2 Å². The first-order valence-corrected chi connectivity index (χ1v) is 15.0. The maximum Gasteiger partial charge on any atom is 2.00 e. The number of carbonyl (C=O) groups excluding carboxylic acids is 1. The van der Waals surface area contributed by atoms with Crippen molar-refractivity contribution in [1.29, 1.82) is 0 Å². The van der Waals surface area contributed by atoms with Crippen LogP contribution in [0.2, 0.25) is 0 Å². The molecule has 234 valence electrons. The molecule has 0 radical (unpaired) electrons. The van der Waals surface area contributed by atoms with Crippen LogP contribution >= 0.6 is 0 Å². The van der Waals surface area contributed by atoms with E-state index in [0.29, 0.717) is 24.7 Å². The zero-order valence-corrected chi connectivity index (χ0v) is 31.4. The Hall–Kier alpha value is -2.16. The summed E-state index contributed by atoms with van der Waals surface area (Å²) in [7, 11) is 2.11. The molecule has 0 saturated carbocycles. The predicted octanol–water partition coefficient (Wildman–Crippen LogP) is 5.04. The summed E-state index contributed by atoms with van der Waals surface area (Å²) in [6, 6.07) is 11.7. The number of hydrogen-bond acceptors (Lipinski definition) is 10. The molecule has 11 nitrogen and oxygen atoms in total. The second-order valence-corrected chi connectivity index (χ2v) is 13.1. The minimum atomic E-state index is -0.606. The average Bonchev–Trinajstić information content (AvgIpc) is 3.68. The van der Waals surface area contributed by atoms with Crippen LogP contribution in [0.25, 0.3) is 11.7 Å². The van der Waals surface area contributed by atoms with Gasteiger partial charge in [-0.3, -0.25) is 4.90 Å². The largest absolute Gasteiger partial charge is 2.00 e. The standard InChI is InChI=1S/C32H43N6O5.Ba.H/c1-20-17-23(19-38(20)30(39)42-31(3,4)5)41-26-18-25(40-21(2)24-15-12-16-37(24)8)33-27(34-26)28-35-29(36-43-28)32(6,7)22-13-10-9-11-14-22;;/h9-11,13-14,18,20-21,23-24H,1,12,15-17,19H2,2-8H3;;/q-1;+2;-1/t20-,21-,23+,24-;;/m0../s1. The van der Waals surface area contributed by atoms with Gasteiger partial charge in [0.15, 0.2) is 5.82 Å². The van der Waals surface area contributed by atoms with Crippen molar-refractivity contribution in [3.8, 4) is 23.5 Å². The first-order valence-electron chi connectivity index (χ1n) is 15.0. The zero-order valence-electron chi connectivity index (χ0n) is 27.9. The predicted molar refractivity (Wildman–Crippen MR) is 168 cm³/mol. The van der Waals surface area contributed by atoms with Crippen molar-refractivity contribution >= 4 is 55.0 Å². The maximum atomic E-state index is 12.8. The van der Waals surface area contributed by atoms with Crippen LogP contribution in [0.5, 0.6) is 11.8 Å². The van der Waals surface area contributed by atoms with Crippen LogP contribution in [0.4, 0.5) is 4.79 Å². The van der Waals surface area contributed by atoms with Crippen molar-refractivity contribution in [2.45, 2.75) is 96.1 Å². The first-order chi connectivity index (χ1) is 20.3. The fourth-order valence-corrected chi connectivity index (χ4v) is 5.64. The van der Waals surface area contributed by atoms with E-state index in [1.807, 2.05) is 71.9 Å². The molecule has 0 spiro atoms. The summed E-state index contributed by atoms with van der Waals surface area (Å²) in [5, 5.41) is 4.28. The Labute approximate surface area is 302 Å². The Balaban J connectivity index is 0.00000276. The van der Waals surface area contributed by atoms with Gasteiger partial charge in [-0.15, -0.1) is 0 Å². The molecule has 1 aromatic carbocycles. The fourth-order valence-electron chi connectivity index (χ4n) is 5.64. The van der Waals surface area contributed by atoms with Crippen molar-refractivity contribution < 1.29 is 25.0 Å². The van der Waals surface area contributed by atoms with E-state index in [9.17, 15) is 4.79 Å². The van der Waals surface area contributed by atoms with Gasteiger partial charge in [-0.25, -0.2) is 4.79 Å². The smallest absolute Gasteiger partial charge is 1.00 e. The molecule has 3 aromatic rings. The second kappa shape index (κ2) is 14.1. The van der Waals surface area contributed by atoms with E-state index in [1.165, 1.54) is 0 Å². The van der Waals surface area contributed by atoms with Crippen LogP contribution < -0.4 is 9.47 Å². The quantitative estimate of drug-likeness (QED) is 0.231. The third-order valence-electron chi connectivity index (χ3n) is 8.07. The Bertz CT molecular complexity index is 1420. The topological polar surface area (TPSA) is 116 Å². The molecule has 0 bridgehead atoms. The number of nitrogens with zero attached hydrogens (tertiary/aromatic N) is 6. The number of rotatable bonds is 8. The first kappa shape index (κ1) is 34.7. The van der Waals surface area contributed by atoms with Gasteiger partial charge in [0.2, 0.25) is 17.6 Å². The number of ether oxygens (including phenoxy) is 3. The zero-order chi connectivity index (χ0) is 30.9. The van der Waals surface area contributed by atoms with Crippen LogP contribution in [0.15, 0.2) is 40.9 Å². The molecular weight excluding hydrogens is 686 g/mol. The van der Waals surface area contributed by atoms with Gasteiger partial charge >= 0.3 is 55.0 Å². The molecule has 12 heteroatoms. The molecule has 44 heavy (non-hydrogen) atoms. The van der Waals surface area contributed by atoms with Crippen LogP contribution in [0, 0.1) is 6.92 Å². The number of aromatic nitrogens is 4. The second-order valence-electron chi connectivity index (χ2n) is 13.1.